The summed E-state index contributed by atoms with van der Waals surface area (Å²) in [6.07, 6.45) is 5.68. The predicted molar refractivity (Wildman–Crippen MR) is 87.9 cm³/mol. The van der Waals surface area contributed by atoms with Crippen molar-refractivity contribution in [2.45, 2.75) is 52.9 Å². The number of hydrogen-bond acceptors (Lipinski definition) is 2. The van der Waals surface area contributed by atoms with E-state index in [9.17, 15) is 0 Å². The third kappa shape index (κ3) is 2.82. The third-order valence-electron chi connectivity index (χ3n) is 4.28. The minimum Gasteiger partial charge on any atom is -0.233 e. The van der Waals surface area contributed by atoms with Gasteiger partial charge in [-0.25, -0.2) is 9.97 Å². The number of aryl methyl sites for hydroxylation is 4. The van der Waals surface area contributed by atoms with Crippen LogP contribution in [0, 0.1) is 20.8 Å². The van der Waals surface area contributed by atoms with Crippen LogP contribution in [-0.2, 0) is 12.8 Å². The minimum absolute atomic E-state index is 0.649. The average molecular weight is 301 g/mol. The summed E-state index contributed by atoms with van der Waals surface area (Å²) in [5.41, 5.74) is 7.17. The Bertz CT molecular complexity index is 669. The van der Waals surface area contributed by atoms with E-state index in [1.165, 1.54) is 41.5 Å². The van der Waals surface area contributed by atoms with E-state index in [1.54, 1.807) is 0 Å². The van der Waals surface area contributed by atoms with Crippen LogP contribution in [0.1, 0.15) is 47.2 Å². The maximum Gasteiger partial charge on any atom is 0.161 e. The van der Waals surface area contributed by atoms with E-state index in [0.29, 0.717) is 5.15 Å². The molecule has 110 valence electrons. The van der Waals surface area contributed by atoms with Crippen LogP contribution in [-0.4, -0.2) is 9.97 Å². The second-order valence-corrected chi connectivity index (χ2v) is 6.46. The van der Waals surface area contributed by atoms with Crippen LogP contribution < -0.4 is 0 Å². The molecule has 0 radical (unpaired) electrons. The molecule has 0 unspecified atom stereocenters. The van der Waals surface area contributed by atoms with Gasteiger partial charge in [-0.05, 0) is 57.6 Å². The molecule has 0 atom stereocenters. The van der Waals surface area contributed by atoms with Crippen LogP contribution in [0.5, 0.6) is 0 Å². The lowest BCUT2D eigenvalue weighted by Crippen LogP contribution is -2.04. The van der Waals surface area contributed by atoms with Crippen molar-refractivity contribution in [3.05, 3.63) is 45.2 Å². The Labute approximate surface area is 131 Å². The molecule has 3 rings (SSSR count). The van der Waals surface area contributed by atoms with E-state index in [-0.39, 0.29) is 0 Å². The quantitative estimate of drug-likeness (QED) is 0.547. The van der Waals surface area contributed by atoms with Gasteiger partial charge in [0.1, 0.15) is 5.15 Å². The highest BCUT2D eigenvalue weighted by molar-refractivity contribution is 6.30. The van der Waals surface area contributed by atoms with Gasteiger partial charge < -0.3 is 0 Å². The zero-order valence-corrected chi connectivity index (χ0v) is 13.7. The summed E-state index contributed by atoms with van der Waals surface area (Å²) in [6, 6.07) is 4.37. The lowest BCUT2D eigenvalue weighted by Gasteiger charge is -2.13. The lowest BCUT2D eigenvalue weighted by molar-refractivity contribution is 0.709. The molecule has 0 N–H and O–H groups in total. The fraction of sp³-hybridized carbons (Fsp3) is 0.444. The van der Waals surface area contributed by atoms with E-state index in [1.807, 2.05) is 0 Å². The van der Waals surface area contributed by atoms with E-state index in [4.69, 9.17) is 16.6 Å². The molecule has 0 fully saturated rings. The molecule has 0 amide bonds. The summed E-state index contributed by atoms with van der Waals surface area (Å²) in [7, 11) is 0. The second-order valence-electron chi connectivity index (χ2n) is 6.10. The van der Waals surface area contributed by atoms with Crippen LogP contribution in [0.2, 0.25) is 5.15 Å². The summed E-state index contributed by atoms with van der Waals surface area (Å²) in [5, 5.41) is 0.649. The molecule has 0 bridgehead atoms. The van der Waals surface area contributed by atoms with Gasteiger partial charge >= 0.3 is 0 Å². The molecular formula is C18H21ClN2. The molecule has 1 aliphatic carbocycles. The van der Waals surface area contributed by atoms with Crippen molar-refractivity contribution in [1.82, 2.24) is 9.97 Å². The highest BCUT2D eigenvalue weighted by atomic mass is 35.5. The van der Waals surface area contributed by atoms with Gasteiger partial charge in [0.2, 0.25) is 0 Å². The summed E-state index contributed by atoms with van der Waals surface area (Å²) < 4.78 is 0. The van der Waals surface area contributed by atoms with Gasteiger partial charge in [0, 0.05) is 16.8 Å². The van der Waals surface area contributed by atoms with Crippen molar-refractivity contribution in [2.75, 3.05) is 0 Å². The standard InChI is InChI=1S/C18H21ClN2/c1-11-9-12(2)16(13(3)10-11)18-20-15-8-6-4-5-7-14(15)17(19)21-18/h9-10H,4-8H2,1-3H3. The zero-order chi connectivity index (χ0) is 15.0. The van der Waals surface area contributed by atoms with Gasteiger partial charge in [-0.15, -0.1) is 0 Å². The number of nitrogens with zero attached hydrogens (tertiary/aromatic N) is 2. The minimum atomic E-state index is 0.649. The van der Waals surface area contributed by atoms with Crippen molar-refractivity contribution >= 4 is 11.6 Å². The van der Waals surface area contributed by atoms with E-state index in [2.05, 4.69) is 37.9 Å². The van der Waals surface area contributed by atoms with Gasteiger partial charge in [-0.1, -0.05) is 35.7 Å². The van der Waals surface area contributed by atoms with Crippen LogP contribution in [0.3, 0.4) is 0 Å². The number of benzene rings is 1. The molecule has 3 heteroatoms. The van der Waals surface area contributed by atoms with Gasteiger partial charge in [0.05, 0.1) is 0 Å². The molecule has 0 aliphatic heterocycles. The smallest absolute Gasteiger partial charge is 0.161 e. The molecule has 0 saturated heterocycles. The fourth-order valence-corrected chi connectivity index (χ4v) is 3.65. The van der Waals surface area contributed by atoms with Crippen LogP contribution >= 0.6 is 11.6 Å². The highest BCUT2D eigenvalue weighted by Crippen LogP contribution is 2.31. The maximum absolute atomic E-state index is 6.45. The Morgan fingerprint density at radius 3 is 2.29 bits per heavy atom. The summed E-state index contributed by atoms with van der Waals surface area (Å²) >= 11 is 6.45. The van der Waals surface area contributed by atoms with Gasteiger partial charge in [-0.3, -0.25) is 0 Å². The normalized spacial score (nSPS) is 14.7. The molecule has 1 aromatic heterocycles. The van der Waals surface area contributed by atoms with Gasteiger partial charge in [0.15, 0.2) is 5.82 Å². The van der Waals surface area contributed by atoms with Crippen molar-refractivity contribution in [3.8, 4) is 11.4 Å². The first-order chi connectivity index (χ1) is 10.1. The topological polar surface area (TPSA) is 25.8 Å². The Hall–Kier alpha value is -1.41. The Balaban J connectivity index is 2.16. The summed E-state index contributed by atoms with van der Waals surface area (Å²) in [5.74, 6) is 0.788. The van der Waals surface area contributed by atoms with Crippen molar-refractivity contribution < 1.29 is 0 Å². The summed E-state index contributed by atoms with van der Waals surface area (Å²) in [6.45, 7) is 6.37. The van der Waals surface area contributed by atoms with Crippen LogP contribution in [0.15, 0.2) is 12.1 Å². The lowest BCUT2D eigenvalue weighted by atomic mass is 9.99. The Morgan fingerprint density at radius 1 is 0.905 bits per heavy atom. The van der Waals surface area contributed by atoms with Crippen molar-refractivity contribution in [3.63, 3.8) is 0 Å². The highest BCUT2D eigenvalue weighted by Gasteiger charge is 2.18. The molecule has 1 aliphatic rings. The number of fused-ring (bicyclic) bond motifs is 1. The number of rotatable bonds is 1. The van der Waals surface area contributed by atoms with Crippen LogP contribution in [0.25, 0.3) is 11.4 Å². The SMILES string of the molecule is Cc1cc(C)c(-c2nc(Cl)c3c(n2)CCCCC3)c(C)c1. The summed E-state index contributed by atoms with van der Waals surface area (Å²) in [4.78, 5) is 9.46. The number of hydrogen-bond donors (Lipinski definition) is 0. The van der Waals surface area contributed by atoms with Crippen LogP contribution in [0.4, 0.5) is 0 Å². The zero-order valence-electron chi connectivity index (χ0n) is 13.0. The predicted octanol–water partition coefficient (Wildman–Crippen LogP) is 4.99. The first-order valence-electron chi connectivity index (χ1n) is 7.70. The Kier molecular flexibility index (Phi) is 3.99. The van der Waals surface area contributed by atoms with Gasteiger partial charge in [0.25, 0.3) is 0 Å². The van der Waals surface area contributed by atoms with E-state index >= 15 is 0 Å². The second kappa shape index (κ2) is 5.76. The molecule has 21 heavy (non-hydrogen) atoms. The van der Waals surface area contributed by atoms with Crippen molar-refractivity contribution in [2.24, 2.45) is 0 Å². The molecule has 2 nitrogen and oxygen atoms in total. The fourth-order valence-electron chi connectivity index (χ4n) is 3.37. The third-order valence-corrected chi connectivity index (χ3v) is 4.60. The Morgan fingerprint density at radius 2 is 1.57 bits per heavy atom. The monoisotopic (exact) mass is 300 g/mol. The molecule has 2 aromatic rings. The molecular weight excluding hydrogens is 280 g/mol. The number of halogens is 1. The molecule has 0 spiro atoms. The maximum atomic E-state index is 6.45. The number of aromatic nitrogens is 2. The van der Waals surface area contributed by atoms with E-state index in [0.717, 1.165) is 29.9 Å². The average Bonchev–Trinajstić information content (AvgIpc) is 2.63. The van der Waals surface area contributed by atoms with Gasteiger partial charge in [-0.2, -0.15) is 0 Å². The van der Waals surface area contributed by atoms with Crippen molar-refractivity contribution in [1.29, 1.82) is 0 Å². The first-order valence-corrected chi connectivity index (χ1v) is 8.07. The first kappa shape index (κ1) is 14.5. The van der Waals surface area contributed by atoms with E-state index < -0.39 is 0 Å². The molecule has 1 aromatic carbocycles. The molecule has 1 heterocycles. The molecule has 0 saturated carbocycles. The largest absolute Gasteiger partial charge is 0.233 e.